The molecule has 114 valence electrons. The maximum atomic E-state index is 10.9. The summed E-state index contributed by atoms with van der Waals surface area (Å²) in [4.78, 5) is 10.9. The molecule has 3 rings (SSSR count). The van der Waals surface area contributed by atoms with E-state index in [4.69, 9.17) is 33.2 Å². The van der Waals surface area contributed by atoms with E-state index in [1.807, 2.05) is 0 Å². The molecule has 3 saturated heterocycles. The van der Waals surface area contributed by atoms with E-state index in [1.54, 1.807) is 0 Å². The van der Waals surface area contributed by atoms with Gasteiger partial charge in [-0.2, -0.15) is 0 Å². The lowest BCUT2D eigenvalue weighted by Crippen LogP contribution is -2.58. The molecule has 3 heterocycles. The van der Waals surface area contributed by atoms with Gasteiger partial charge in [0.15, 0.2) is 0 Å². The van der Waals surface area contributed by atoms with Crippen molar-refractivity contribution in [2.75, 3.05) is 33.6 Å². The predicted molar refractivity (Wildman–Crippen MR) is 61.6 cm³/mol. The fourth-order valence-corrected chi connectivity index (χ4v) is 2.58. The minimum atomic E-state index is -0.406. The van der Waals surface area contributed by atoms with Crippen molar-refractivity contribution in [3.8, 4) is 0 Å². The highest BCUT2D eigenvalue weighted by atomic mass is 16.8. The standard InChI is InChI=1S/C12H18O8/c1-7(13)15-3-9-11-12(20-6-17-9)10-8(16-5-19-11)2-14-4-18-10/h8-12H,2-6H2,1H3. The Balaban J connectivity index is 1.70. The van der Waals surface area contributed by atoms with E-state index in [0.29, 0.717) is 6.61 Å². The Kier molecular flexibility index (Phi) is 4.49. The lowest BCUT2D eigenvalue weighted by molar-refractivity contribution is -0.283. The predicted octanol–water partition coefficient (Wildman–Crippen LogP) is -0.595. The van der Waals surface area contributed by atoms with Crippen molar-refractivity contribution >= 4 is 5.97 Å². The topological polar surface area (TPSA) is 81.7 Å². The summed E-state index contributed by atoms with van der Waals surface area (Å²) in [6, 6.07) is 0. The molecule has 0 radical (unpaired) electrons. The van der Waals surface area contributed by atoms with Crippen LogP contribution in [0.1, 0.15) is 6.92 Å². The van der Waals surface area contributed by atoms with Crippen LogP contribution < -0.4 is 0 Å². The molecule has 0 aromatic carbocycles. The van der Waals surface area contributed by atoms with Crippen LogP contribution in [0.3, 0.4) is 0 Å². The van der Waals surface area contributed by atoms with Gasteiger partial charge in [0, 0.05) is 6.92 Å². The molecular formula is C12H18O8. The van der Waals surface area contributed by atoms with Gasteiger partial charge < -0.3 is 33.2 Å². The molecule has 0 spiro atoms. The second kappa shape index (κ2) is 6.33. The Labute approximate surface area is 116 Å². The lowest BCUT2D eigenvalue weighted by atomic mass is 9.98. The van der Waals surface area contributed by atoms with E-state index in [2.05, 4.69) is 0 Å². The van der Waals surface area contributed by atoms with Crippen LogP contribution in [0, 0.1) is 0 Å². The van der Waals surface area contributed by atoms with E-state index in [0.717, 1.165) is 0 Å². The Morgan fingerprint density at radius 1 is 1.00 bits per heavy atom. The number of hydrogen-bond donors (Lipinski definition) is 0. The van der Waals surface area contributed by atoms with Gasteiger partial charge in [0.25, 0.3) is 0 Å². The molecule has 0 aromatic heterocycles. The second-order valence-electron chi connectivity index (χ2n) is 4.83. The first-order valence-corrected chi connectivity index (χ1v) is 6.55. The van der Waals surface area contributed by atoms with E-state index in [-0.39, 0.29) is 51.3 Å². The van der Waals surface area contributed by atoms with Crippen molar-refractivity contribution in [2.24, 2.45) is 0 Å². The van der Waals surface area contributed by atoms with Crippen LogP contribution in [0.5, 0.6) is 0 Å². The normalized spacial score (nSPS) is 41.1. The summed E-state index contributed by atoms with van der Waals surface area (Å²) in [6.45, 7) is 2.31. The molecule has 8 heteroatoms. The third-order valence-corrected chi connectivity index (χ3v) is 3.54. The van der Waals surface area contributed by atoms with Gasteiger partial charge >= 0.3 is 5.97 Å². The molecule has 5 unspecified atom stereocenters. The van der Waals surface area contributed by atoms with Crippen LogP contribution >= 0.6 is 0 Å². The molecular weight excluding hydrogens is 272 g/mol. The minimum Gasteiger partial charge on any atom is -0.463 e. The van der Waals surface area contributed by atoms with Crippen LogP contribution in [-0.4, -0.2) is 70.1 Å². The summed E-state index contributed by atoms with van der Waals surface area (Å²) in [6.07, 6.45) is -1.64. The summed E-state index contributed by atoms with van der Waals surface area (Å²) in [7, 11) is 0. The van der Waals surface area contributed by atoms with Crippen LogP contribution in [0.2, 0.25) is 0 Å². The maximum absolute atomic E-state index is 10.9. The number of hydrogen-bond acceptors (Lipinski definition) is 8. The van der Waals surface area contributed by atoms with Crippen LogP contribution in [-0.2, 0) is 38.0 Å². The molecule has 0 amide bonds. The molecule has 3 fully saturated rings. The maximum Gasteiger partial charge on any atom is 0.302 e. The van der Waals surface area contributed by atoms with Gasteiger partial charge in [0.1, 0.15) is 57.5 Å². The molecule has 8 nitrogen and oxygen atoms in total. The van der Waals surface area contributed by atoms with Crippen molar-refractivity contribution in [3.05, 3.63) is 0 Å². The monoisotopic (exact) mass is 290 g/mol. The van der Waals surface area contributed by atoms with Gasteiger partial charge in [-0.25, -0.2) is 0 Å². The number of carbonyl (C=O) groups is 1. The van der Waals surface area contributed by atoms with Gasteiger partial charge in [-0.15, -0.1) is 0 Å². The molecule has 0 saturated carbocycles. The summed E-state index contributed by atoms with van der Waals surface area (Å²) < 4.78 is 38.1. The van der Waals surface area contributed by atoms with Gasteiger partial charge in [-0.3, -0.25) is 4.79 Å². The number of esters is 1. The number of ether oxygens (including phenoxy) is 7. The first-order chi connectivity index (χ1) is 9.75. The van der Waals surface area contributed by atoms with Crippen molar-refractivity contribution in [2.45, 2.75) is 37.4 Å². The van der Waals surface area contributed by atoms with E-state index < -0.39 is 12.2 Å². The Morgan fingerprint density at radius 3 is 2.60 bits per heavy atom. The fourth-order valence-electron chi connectivity index (χ4n) is 2.58. The Bertz CT molecular complexity index is 348. The average Bonchev–Trinajstić information content (AvgIpc) is 2.65. The van der Waals surface area contributed by atoms with Crippen molar-refractivity contribution in [1.82, 2.24) is 0 Å². The highest BCUT2D eigenvalue weighted by molar-refractivity contribution is 5.65. The zero-order chi connectivity index (χ0) is 13.9. The van der Waals surface area contributed by atoms with Gasteiger partial charge in [-0.05, 0) is 0 Å². The first kappa shape index (κ1) is 14.2. The summed E-state index contributed by atoms with van der Waals surface area (Å²) in [5, 5.41) is 0. The van der Waals surface area contributed by atoms with Gasteiger partial charge in [-0.1, -0.05) is 0 Å². The first-order valence-electron chi connectivity index (χ1n) is 6.55. The second-order valence-corrected chi connectivity index (χ2v) is 4.83. The molecule has 3 aliphatic heterocycles. The van der Waals surface area contributed by atoms with Crippen molar-refractivity contribution < 1.29 is 38.0 Å². The SMILES string of the molecule is CC(=O)OCC1OCOC2C3OCOCC3OCOC12. The number of rotatable bonds is 2. The fraction of sp³-hybridized carbons (Fsp3) is 0.917. The average molecular weight is 290 g/mol. The summed E-state index contributed by atoms with van der Waals surface area (Å²) in [5.41, 5.74) is 0. The molecule has 0 aliphatic carbocycles. The third kappa shape index (κ3) is 2.95. The largest absolute Gasteiger partial charge is 0.463 e. The molecule has 20 heavy (non-hydrogen) atoms. The van der Waals surface area contributed by atoms with Gasteiger partial charge in [0.2, 0.25) is 0 Å². The van der Waals surface area contributed by atoms with Gasteiger partial charge in [0.05, 0.1) is 6.61 Å². The molecule has 3 aliphatic rings. The van der Waals surface area contributed by atoms with Crippen LogP contribution in [0.15, 0.2) is 0 Å². The molecule has 0 aromatic rings. The highest BCUT2D eigenvalue weighted by Gasteiger charge is 2.48. The number of fused-ring (bicyclic) bond motifs is 3. The third-order valence-electron chi connectivity index (χ3n) is 3.54. The highest BCUT2D eigenvalue weighted by Crippen LogP contribution is 2.29. The summed E-state index contributed by atoms with van der Waals surface area (Å²) in [5.74, 6) is -0.360. The summed E-state index contributed by atoms with van der Waals surface area (Å²) >= 11 is 0. The smallest absolute Gasteiger partial charge is 0.302 e. The Hall–Kier alpha value is -0.770. The number of carbonyl (C=O) groups excluding carboxylic acids is 1. The van der Waals surface area contributed by atoms with Crippen LogP contribution in [0.4, 0.5) is 0 Å². The van der Waals surface area contributed by atoms with Crippen molar-refractivity contribution in [3.63, 3.8) is 0 Å². The van der Waals surface area contributed by atoms with E-state index in [1.165, 1.54) is 6.92 Å². The zero-order valence-corrected chi connectivity index (χ0v) is 11.2. The zero-order valence-electron chi connectivity index (χ0n) is 11.2. The van der Waals surface area contributed by atoms with Crippen molar-refractivity contribution in [1.29, 1.82) is 0 Å². The molecule has 5 atom stereocenters. The van der Waals surface area contributed by atoms with E-state index >= 15 is 0 Å². The molecule has 0 N–H and O–H groups in total. The lowest BCUT2D eigenvalue weighted by Gasteiger charge is -2.40. The quantitative estimate of drug-likeness (QED) is 0.624. The Morgan fingerprint density at radius 2 is 1.75 bits per heavy atom. The van der Waals surface area contributed by atoms with E-state index in [9.17, 15) is 4.79 Å². The minimum absolute atomic E-state index is 0.0956. The molecule has 0 bridgehead atoms. The van der Waals surface area contributed by atoms with Crippen LogP contribution in [0.25, 0.3) is 0 Å².